The maximum Gasteiger partial charge on any atom is 0.0729 e. The van der Waals surface area contributed by atoms with Crippen LogP contribution >= 0.6 is 0 Å². The van der Waals surface area contributed by atoms with Gasteiger partial charge in [-0.15, -0.1) is 0 Å². The van der Waals surface area contributed by atoms with Gasteiger partial charge in [0.1, 0.15) is 0 Å². The Balaban J connectivity index is 1.94. The number of carboxylic acid groups (broad SMARTS) is 1. The lowest BCUT2D eigenvalue weighted by atomic mass is 10.1. The van der Waals surface area contributed by atoms with Crippen LogP contribution in [0.15, 0.2) is 36.4 Å². The lowest BCUT2D eigenvalue weighted by Crippen LogP contribution is -2.35. The molecule has 2 aromatic carbocycles. The molecule has 1 aliphatic rings. The molecule has 4 rings (SSSR count). The van der Waals surface area contributed by atoms with Crippen LogP contribution in [0.4, 0.5) is 5.69 Å². The van der Waals surface area contributed by atoms with Crippen molar-refractivity contribution in [1.29, 1.82) is 0 Å². The molecule has 112 valence electrons. The number of hydrogen-bond donors (Lipinski definition) is 0. The summed E-state index contributed by atoms with van der Waals surface area (Å²) in [6.07, 6.45) is 0.0652. The van der Waals surface area contributed by atoms with Crippen LogP contribution < -0.4 is 10.0 Å². The Morgan fingerprint density at radius 1 is 1.18 bits per heavy atom. The smallest absolute Gasteiger partial charge is 0.0729 e. The summed E-state index contributed by atoms with van der Waals surface area (Å²) in [5, 5.41) is 13.3. The van der Waals surface area contributed by atoms with Gasteiger partial charge in [-0.25, -0.2) is 0 Å². The number of aromatic nitrogens is 1. The average Bonchev–Trinajstić information content (AvgIpc) is 2.82. The molecule has 0 amide bonds. The molecule has 4 nitrogen and oxygen atoms in total. The largest absolute Gasteiger partial charge is 0.550 e. The Labute approximate surface area is 128 Å². The predicted octanol–water partition coefficient (Wildman–Crippen LogP) is 2.06. The molecule has 3 aromatic rings. The second kappa shape index (κ2) is 4.77. The van der Waals surface area contributed by atoms with Gasteiger partial charge in [-0.2, -0.15) is 0 Å². The Bertz CT molecular complexity index is 895. The van der Waals surface area contributed by atoms with Crippen LogP contribution in [0.1, 0.15) is 12.0 Å². The first-order valence-electron chi connectivity index (χ1n) is 7.61. The molecule has 2 heterocycles. The van der Waals surface area contributed by atoms with Crippen LogP contribution in [0, 0.1) is 6.92 Å². The van der Waals surface area contributed by atoms with Gasteiger partial charge in [0.2, 0.25) is 0 Å². The summed E-state index contributed by atoms with van der Waals surface area (Å²) in [5.41, 5.74) is 4.85. The fraction of sp³-hybridized carbons (Fsp3) is 0.278. The minimum atomic E-state index is -0.992. The van der Waals surface area contributed by atoms with E-state index in [1.54, 1.807) is 0 Å². The van der Waals surface area contributed by atoms with Gasteiger partial charge in [-0.05, 0) is 25.1 Å². The molecule has 0 N–H and O–H groups in total. The first-order chi connectivity index (χ1) is 10.6. The molecule has 4 heteroatoms. The Morgan fingerprint density at radius 2 is 2.05 bits per heavy atom. The number of benzene rings is 2. The molecule has 0 saturated heterocycles. The number of rotatable bonds is 3. The summed E-state index contributed by atoms with van der Waals surface area (Å²) in [4.78, 5) is 12.9. The van der Waals surface area contributed by atoms with Crippen molar-refractivity contribution in [1.82, 2.24) is 4.57 Å². The second-order valence-electron chi connectivity index (χ2n) is 5.95. The van der Waals surface area contributed by atoms with Crippen LogP contribution in [0.5, 0.6) is 0 Å². The SMILES string of the molecule is Cc1ccc2c(c1)c1cccc3c1n2CCN3CCC(=O)[O-]. The molecule has 0 aliphatic carbocycles. The summed E-state index contributed by atoms with van der Waals surface area (Å²) in [7, 11) is 0. The third-order valence-corrected chi connectivity index (χ3v) is 4.54. The van der Waals surface area contributed by atoms with Crippen LogP contribution in [0.25, 0.3) is 21.8 Å². The van der Waals surface area contributed by atoms with Gasteiger partial charge in [0, 0.05) is 48.3 Å². The van der Waals surface area contributed by atoms with Crippen LogP contribution in [0.2, 0.25) is 0 Å². The lowest BCUT2D eigenvalue weighted by molar-refractivity contribution is -0.305. The number of nitrogens with zero attached hydrogens (tertiary/aromatic N) is 2. The second-order valence-corrected chi connectivity index (χ2v) is 5.95. The normalized spacial score (nSPS) is 14.0. The molecule has 1 aromatic heterocycles. The van der Waals surface area contributed by atoms with E-state index < -0.39 is 5.97 Å². The van der Waals surface area contributed by atoms with Gasteiger partial charge in [0.05, 0.1) is 11.2 Å². The summed E-state index contributed by atoms with van der Waals surface area (Å²) in [6, 6.07) is 12.9. The number of aryl methyl sites for hydroxylation is 1. The fourth-order valence-electron chi connectivity index (χ4n) is 3.54. The first-order valence-corrected chi connectivity index (χ1v) is 7.61. The van der Waals surface area contributed by atoms with E-state index in [1.165, 1.54) is 27.4 Å². The highest BCUT2D eigenvalue weighted by Crippen LogP contribution is 2.38. The molecule has 0 spiro atoms. The summed E-state index contributed by atoms with van der Waals surface area (Å²) in [5.74, 6) is -0.992. The van der Waals surface area contributed by atoms with Gasteiger partial charge in [0.25, 0.3) is 0 Å². The average molecular weight is 293 g/mol. The number of carbonyl (C=O) groups excluding carboxylic acids is 1. The number of aliphatic carboxylic acids is 1. The number of carbonyl (C=O) groups is 1. The minimum Gasteiger partial charge on any atom is -0.550 e. The fourth-order valence-corrected chi connectivity index (χ4v) is 3.54. The zero-order valence-electron chi connectivity index (χ0n) is 12.5. The quantitative estimate of drug-likeness (QED) is 0.742. The topological polar surface area (TPSA) is 48.3 Å². The third-order valence-electron chi connectivity index (χ3n) is 4.54. The van der Waals surface area contributed by atoms with E-state index in [1.807, 2.05) is 0 Å². The molecule has 0 unspecified atom stereocenters. The van der Waals surface area contributed by atoms with Crippen molar-refractivity contribution in [2.75, 3.05) is 18.0 Å². The van der Waals surface area contributed by atoms with E-state index in [0.717, 1.165) is 18.8 Å². The molecular weight excluding hydrogens is 276 g/mol. The number of anilines is 1. The zero-order valence-corrected chi connectivity index (χ0v) is 12.5. The van der Waals surface area contributed by atoms with Crippen molar-refractivity contribution in [3.8, 4) is 0 Å². The summed E-state index contributed by atoms with van der Waals surface area (Å²) >= 11 is 0. The van der Waals surface area contributed by atoms with Crippen molar-refractivity contribution in [3.05, 3.63) is 42.0 Å². The van der Waals surface area contributed by atoms with Crippen molar-refractivity contribution in [2.45, 2.75) is 19.9 Å². The van der Waals surface area contributed by atoms with Gasteiger partial charge in [0.15, 0.2) is 0 Å². The van der Waals surface area contributed by atoms with E-state index in [2.05, 4.69) is 52.8 Å². The van der Waals surface area contributed by atoms with E-state index in [4.69, 9.17) is 0 Å². The van der Waals surface area contributed by atoms with Gasteiger partial charge in [-0.1, -0.05) is 23.8 Å². The highest BCUT2D eigenvalue weighted by molar-refractivity contribution is 6.12. The van der Waals surface area contributed by atoms with Crippen molar-refractivity contribution >= 4 is 33.5 Å². The van der Waals surface area contributed by atoms with Crippen LogP contribution in [-0.2, 0) is 11.3 Å². The molecule has 22 heavy (non-hydrogen) atoms. The number of fused-ring (bicyclic) bond motifs is 3. The van der Waals surface area contributed by atoms with Gasteiger partial charge in [-0.3, -0.25) is 0 Å². The van der Waals surface area contributed by atoms with Crippen molar-refractivity contribution in [2.24, 2.45) is 0 Å². The third kappa shape index (κ3) is 1.87. The molecular formula is C18H17N2O2-. The standard InChI is InChI=1S/C18H18N2O2/c1-12-5-6-15-14(11-12)13-3-2-4-16-18(13)20(15)10-9-19(16)8-7-17(21)22/h2-6,11H,7-10H2,1H3,(H,21,22)/p-1. The molecule has 0 bridgehead atoms. The van der Waals surface area contributed by atoms with E-state index in [-0.39, 0.29) is 6.42 Å². The summed E-state index contributed by atoms with van der Waals surface area (Å²) in [6.45, 7) is 4.32. The van der Waals surface area contributed by atoms with Gasteiger partial charge >= 0.3 is 0 Å². The van der Waals surface area contributed by atoms with E-state index in [9.17, 15) is 9.90 Å². The number of carboxylic acids is 1. The first kappa shape index (κ1) is 13.2. The molecule has 1 aliphatic heterocycles. The maximum atomic E-state index is 10.8. The van der Waals surface area contributed by atoms with Crippen molar-refractivity contribution in [3.63, 3.8) is 0 Å². The van der Waals surface area contributed by atoms with Gasteiger partial charge < -0.3 is 19.4 Å². The lowest BCUT2D eigenvalue weighted by Gasteiger charge is -2.31. The highest BCUT2D eigenvalue weighted by atomic mass is 16.4. The highest BCUT2D eigenvalue weighted by Gasteiger charge is 2.21. The van der Waals surface area contributed by atoms with Crippen LogP contribution in [-0.4, -0.2) is 23.6 Å². The van der Waals surface area contributed by atoms with Crippen LogP contribution in [0.3, 0.4) is 0 Å². The zero-order chi connectivity index (χ0) is 15.3. The Kier molecular flexibility index (Phi) is 2.86. The Morgan fingerprint density at radius 3 is 2.86 bits per heavy atom. The molecule has 0 saturated carbocycles. The van der Waals surface area contributed by atoms with Crippen molar-refractivity contribution < 1.29 is 9.90 Å². The minimum absolute atomic E-state index is 0.0652. The Hall–Kier alpha value is -2.49. The maximum absolute atomic E-state index is 10.8. The summed E-state index contributed by atoms with van der Waals surface area (Å²) < 4.78 is 2.36. The monoisotopic (exact) mass is 293 g/mol. The predicted molar refractivity (Wildman–Crippen MR) is 86.0 cm³/mol. The molecule has 0 fully saturated rings. The van der Waals surface area contributed by atoms with E-state index in [0.29, 0.717) is 6.54 Å². The molecule has 0 radical (unpaired) electrons. The van der Waals surface area contributed by atoms with E-state index >= 15 is 0 Å². The number of para-hydroxylation sites is 1. The molecule has 0 atom stereocenters. The number of hydrogen-bond acceptors (Lipinski definition) is 3.